The highest BCUT2D eigenvalue weighted by atomic mass is 35.5. The predicted octanol–water partition coefficient (Wildman–Crippen LogP) is 3.91. The van der Waals surface area contributed by atoms with Crippen LogP contribution in [0.25, 0.3) is 16.7 Å². The molecule has 0 aliphatic rings. The summed E-state index contributed by atoms with van der Waals surface area (Å²) in [7, 11) is 0. The van der Waals surface area contributed by atoms with Crippen LogP contribution in [0.1, 0.15) is 0 Å². The van der Waals surface area contributed by atoms with Crippen molar-refractivity contribution in [1.29, 1.82) is 0 Å². The van der Waals surface area contributed by atoms with Crippen molar-refractivity contribution in [3.63, 3.8) is 0 Å². The summed E-state index contributed by atoms with van der Waals surface area (Å²) in [5.41, 5.74) is 1.32. The number of alkyl halides is 3. The fraction of sp³-hybridized carbons (Fsp3) is 0.133. The minimum atomic E-state index is -4.40. The zero-order chi connectivity index (χ0) is 16.6. The van der Waals surface area contributed by atoms with Gasteiger partial charge in [-0.25, -0.2) is 4.79 Å². The van der Waals surface area contributed by atoms with Crippen LogP contribution in [0.3, 0.4) is 0 Å². The zero-order valence-electron chi connectivity index (χ0n) is 11.5. The highest BCUT2D eigenvalue weighted by molar-refractivity contribution is 6.31. The van der Waals surface area contributed by atoms with Crippen molar-refractivity contribution in [2.75, 3.05) is 6.61 Å². The Morgan fingerprint density at radius 1 is 1.13 bits per heavy atom. The second-order valence-corrected chi connectivity index (χ2v) is 5.26. The van der Waals surface area contributed by atoms with Crippen molar-refractivity contribution in [3.8, 4) is 11.4 Å². The molecule has 1 heterocycles. The van der Waals surface area contributed by atoms with Gasteiger partial charge in [-0.15, -0.1) is 0 Å². The van der Waals surface area contributed by atoms with Gasteiger partial charge in [0.1, 0.15) is 5.75 Å². The van der Waals surface area contributed by atoms with Gasteiger partial charge < -0.3 is 9.72 Å². The van der Waals surface area contributed by atoms with Crippen LogP contribution in [0.4, 0.5) is 13.2 Å². The maximum absolute atomic E-state index is 12.1. The third kappa shape index (κ3) is 3.34. The summed E-state index contributed by atoms with van der Waals surface area (Å²) >= 11 is 5.88. The second kappa shape index (κ2) is 5.66. The van der Waals surface area contributed by atoms with Crippen molar-refractivity contribution in [2.24, 2.45) is 0 Å². The molecule has 0 atom stereocenters. The number of benzene rings is 2. The normalized spacial score (nSPS) is 11.8. The van der Waals surface area contributed by atoms with Gasteiger partial charge in [0, 0.05) is 5.02 Å². The summed E-state index contributed by atoms with van der Waals surface area (Å²) in [5.74, 6) is 0.0713. The molecule has 0 radical (unpaired) electrons. The summed E-state index contributed by atoms with van der Waals surface area (Å²) in [5, 5.41) is 0.488. The molecule has 0 aliphatic heterocycles. The number of rotatable bonds is 3. The molecule has 3 rings (SSSR count). The number of H-pyrrole nitrogens is 1. The Morgan fingerprint density at radius 2 is 1.83 bits per heavy atom. The van der Waals surface area contributed by atoms with Crippen LogP contribution in [0.15, 0.2) is 47.3 Å². The molecule has 23 heavy (non-hydrogen) atoms. The van der Waals surface area contributed by atoms with E-state index < -0.39 is 12.8 Å². The van der Waals surface area contributed by atoms with Gasteiger partial charge >= 0.3 is 11.9 Å². The quantitative estimate of drug-likeness (QED) is 0.784. The maximum atomic E-state index is 12.1. The fourth-order valence-electron chi connectivity index (χ4n) is 2.20. The smallest absolute Gasteiger partial charge is 0.422 e. The van der Waals surface area contributed by atoms with E-state index in [1.54, 1.807) is 18.2 Å². The van der Waals surface area contributed by atoms with Crippen molar-refractivity contribution in [3.05, 3.63) is 58.0 Å². The number of nitrogens with one attached hydrogen (secondary N) is 1. The van der Waals surface area contributed by atoms with Crippen molar-refractivity contribution < 1.29 is 17.9 Å². The van der Waals surface area contributed by atoms with Crippen LogP contribution in [-0.2, 0) is 0 Å². The van der Waals surface area contributed by atoms with Crippen molar-refractivity contribution in [1.82, 2.24) is 9.55 Å². The molecule has 4 nitrogen and oxygen atoms in total. The van der Waals surface area contributed by atoms with E-state index in [0.717, 1.165) is 0 Å². The van der Waals surface area contributed by atoms with Gasteiger partial charge in [-0.05, 0) is 42.5 Å². The first-order chi connectivity index (χ1) is 10.8. The Morgan fingerprint density at radius 3 is 2.48 bits per heavy atom. The lowest BCUT2D eigenvalue weighted by Crippen LogP contribution is -2.19. The number of aromatic amines is 1. The van der Waals surface area contributed by atoms with Crippen LogP contribution in [0.2, 0.25) is 5.02 Å². The van der Waals surface area contributed by atoms with Gasteiger partial charge in [0.05, 0.1) is 16.7 Å². The van der Waals surface area contributed by atoms with E-state index in [1.165, 1.54) is 28.8 Å². The maximum Gasteiger partial charge on any atom is 0.422 e. The van der Waals surface area contributed by atoms with Crippen molar-refractivity contribution in [2.45, 2.75) is 6.18 Å². The van der Waals surface area contributed by atoms with Crippen LogP contribution >= 0.6 is 11.6 Å². The summed E-state index contributed by atoms with van der Waals surface area (Å²) in [6.07, 6.45) is -4.40. The van der Waals surface area contributed by atoms with E-state index in [0.29, 0.717) is 21.7 Å². The Labute approximate surface area is 133 Å². The summed E-state index contributed by atoms with van der Waals surface area (Å²) < 4.78 is 42.4. The minimum Gasteiger partial charge on any atom is -0.484 e. The first kappa shape index (κ1) is 15.5. The molecule has 1 aromatic heterocycles. The van der Waals surface area contributed by atoms with E-state index in [2.05, 4.69) is 9.72 Å². The molecule has 2 aromatic carbocycles. The molecule has 0 unspecified atom stereocenters. The molecule has 8 heteroatoms. The number of aromatic nitrogens is 2. The van der Waals surface area contributed by atoms with E-state index >= 15 is 0 Å². The van der Waals surface area contributed by atoms with Crippen LogP contribution in [-0.4, -0.2) is 22.3 Å². The molecule has 0 amide bonds. The SMILES string of the molecule is O=c1[nH]c2cc(Cl)ccc2n1-c1ccc(OCC(F)(F)F)cc1. The third-order valence-electron chi connectivity index (χ3n) is 3.14. The van der Waals surface area contributed by atoms with Crippen LogP contribution in [0.5, 0.6) is 5.75 Å². The standard InChI is InChI=1S/C15H10ClF3N2O2/c16-9-1-6-13-12(7-9)20-14(22)21(13)10-2-4-11(5-3-10)23-8-15(17,18)19/h1-7H,8H2,(H,20,22). The van der Waals surface area contributed by atoms with Gasteiger partial charge in [0.15, 0.2) is 6.61 Å². The molecule has 1 N–H and O–H groups in total. The molecule has 0 fully saturated rings. The molecule has 120 valence electrons. The first-order valence-corrected chi connectivity index (χ1v) is 6.91. The van der Waals surface area contributed by atoms with E-state index in [-0.39, 0.29) is 11.4 Å². The number of fused-ring (bicyclic) bond motifs is 1. The predicted molar refractivity (Wildman–Crippen MR) is 80.5 cm³/mol. The number of halogens is 4. The van der Waals surface area contributed by atoms with Gasteiger partial charge in [-0.3, -0.25) is 4.57 Å². The summed E-state index contributed by atoms with van der Waals surface area (Å²) in [6, 6.07) is 10.7. The lowest BCUT2D eigenvalue weighted by Gasteiger charge is -2.10. The highest BCUT2D eigenvalue weighted by Gasteiger charge is 2.28. The molecule has 0 saturated carbocycles. The molecule has 3 aromatic rings. The number of hydrogen-bond acceptors (Lipinski definition) is 2. The van der Waals surface area contributed by atoms with E-state index in [4.69, 9.17) is 11.6 Å². The van der Waals surface area contributed by atoms with Gasteiger partial charge in [0.25, 0.3) is 0 Å². The Bertz CT molecular complexity index is 898. The summed E-state index contributed by atoms with van der Waals surface area (Å²) in [4.78, 5) is 14.7. The topological polar surface area (TPSA) is 47.0 Å². The fourth-order valence-corrected chi connectivity index (χ4v) is 2.37. The lowest BCUT2D eigenvalue weighted by molar-refractivity contribution is -0.153. The number of ether oxygens (including phenoxy) is 1. The highest BCUT2D eigenvalue weighted by Crippen LogP contribution is 2.22. The zero-order valence-corrected chi connectivity index (χ0v) is 12.3. The third-order valence-corrected chi connectivity index (χ3v) is 3.38. The van der Waals surface area contributed by atoms with Gasteiger partial charge in [-0.2, -0.15) is 13.2 Å². The molecule has 0 bridgehead atoms. The molecular weight excluding hydrogens is 333 g/mol. The Hall–Kier alpha value is -2.41. The molecule has 0 saturated heterocycles. The number of hydrogen-bond donors (Lipinski definition) is 1. The Balaban J connectivity index is 1.94. The molecule has 0 spiro atoms. The van der Waals surface area contributed by atoms with E-state index in [1.807, 2.05) is 0 Å². The van der Waals surface area contributed by atoms with Crippen LogP contribution in [0, 0.1) is 0 Å². The monoisotopic (exact) mass is 342 g/mol. The molecular formula is C15H10ClF3N2O2. The molecule has 0 aliphatic carbocycles. The number of imidazole rings is 1. The Kier molecular flexibility index (Phi) is 3.81. The minimum absolute atomic E-state index is 0.0713. The average Bonchev–Trinajstić information content (AvgIpc) is 2.80. The van der Waals surface area contributed by atoms with E-state index in [9.17, 15) is 18.0 Å². The average molecular weight is 343 g/mol. The first-order valence-electron chi connectivity index (χ1n) is 6.54. The van der Waals surface area contributed by atoms with Crippen molar-refractivity contribution >= 4 is 22.6 Å². The number of nitrogens with zero attached hydrogens (tertiary/aromatic N) is 1. The van der Waals surface area contributed by atoms with Crippen LogP contribution < -0.4 is 10.4 Å². The second-order valence-electron chi connectivity index (χ2n) is 4.82. The summed E-state index contributed by atoms with van der Waals surface area (Å²) in [6.45, 7) is -1.36. The largest absolute Gasteiger partial charge is 0.484 e. The van der Waals surface area contributed by atoms with Gasteiger partial charge in [0.2, 0.25) is 0 Å². The van der Waals surface area contributed by atoms with Gasteiger partial charge in [-0.1, -0.05) is 11.6 Å². The lowest BCUT2D eigenvalue weighted by atomic mass is 10.2.